The highest BCUT2D eigenvalue weighted by Crippen LogP contribution is 2.45. The first kappa shape index (κ1) is 103. The third kappa shape index (κ3) is 77.2. The summed E-state index contributed by atoms with van der Waals surface area (Å²) in [5.41, 5.74) is 0. The summed E-state index contributed by atoms with van der Waals surface area (Å²) in [6, 6.07) is 0. The molecule has 0 heterocycles. The largest absolute Gasteiger partial charge is 0.472 e. The van der Waals surface area contributed by atoms with Crippen molar-refractivity contribution in [2.24, 2.45) is 11.8 Å². The second kappa shape index (κ2) is 77.4. The number of aliphatic hydroxyl groups excluding tert-OH is 1. The second-order valence-electron chi connectivity index (χ2n) is 31.4. The lowest BCUT2D eigenvalue weighted by molar-refractivity contribution is -0.161. The quantitative estimate of drug-likeness (QED) is 0.0222. The van der Waals surface area contributed by atoms with E-state index in [1.54, 1.807) is 0 Å². The number of hydrogen-bond acceptors (Lipinski definition) is 15. The van der Waals surface area contributed by atoms with E-state index in [9.17, 15) is 43.2 Å². The van der Waals surface area contributed by atoms with Crippen molar-refractivity contribution in [1.82, 2.24) is 0 Å². The first-order valence-electron chi connectivity index (χ1n) is 44.6. The van der Waals surface area contributed by atoms with Gasteiger partial charge in [-0.15, -0.1) is 0 Å². The fraction of sp³-hybridized carbons (Fsp3) is 0.953. The standard InChI is InChI=1S/C86H168O17P2/c1-7-11-13-15-17-19-21-23-25-27-29-31-33-39-43-47-51-59-64-70-85(90)102-81(74-96-83(88)68-62-56-49-45-41-37-35-34-36-40-44-48-54-60-66-78(5)9-3)76-100-104(92,93)98-72-80(87)73-99-105(94,95)101-77-82(75-97-84(89)69-63-57-53-52-55-61-67-79(6)10-4)103-86(91)71-65-58-50-46-42-38-32-30-28-26-24-22-20-18-16-14-12-8-2/h78-82,87H,7-77H2,1-6H3,(H,92,93)(H,94,95)/t78?,79?,80-,81-,82-/m1/s1. The predicted octanol–water partition coefficient (Wildman–Crippen LogP) is 26.2. The molecule has 0 radical (unpaired) electrons. The zero-order valence-electron chi connectivity index (χ0n) is 69.0. The Kier molecular flexibility index (Phi) is 76.0. The summed E-state index contributed by atoms with van der Waals surface area (Å²) in [5.74, 6) is -0.522. The maximum Gasteiger partial charge on any atom is 0.472 e. The van der Waals surface area contributed by atoms with Crippen molar-refractivity contribution in [3.8, 4) is 0 Å². The molecule has 0 bridgehead atoms. The van der Waals surface area contributed by atoms with Crippen molar-refractivity contribution in [1.29, 1.82) is 0 Å². The van der Waals surface area contributed by atoms with E-state index in [4.69, 9.17) is 37.0 Å². The van der Waals surface area contributed by atoms with Crippen molar-refractivity contribution in [2.75, 3.05) is 39.6 Å². The minimum atomic E-state index is -4.97. The monoisotopic (exact) mass is 1540 g/mol. The van der Waals surface area contributed by atoms with E-state index in [-0.39, 0.29) is 25.7 Å². The van der Waals surface area contributed by atoms with Gasteiger partial charge in [0.15, 0.2) is 12.2 Å². The summed E-state index contributed by atoms with van der Waals surface area (Å²) in [5, 5.41) is 10.7. The van der Waals surface area contributed by atoms with E-state index < -0.39 is 97.5 Å². The maximum atomic E-state index is 13.1. The van der Waals surface area contributed by atoms with Crippen molar-refractivity contribution >= 4 is 39.5 Å². The van der Waals surface area contributed by atoms with Crippen molar-refractivity contribution in [3.63, 3.8) is 0 Å². The number of hydrogen-bond donors (Lipinski definition) is 3. The molecule has 17 nitrogen and oxygen atoms in total. The van der Waals surface area contributed by atoms with Gasteiger partial charge in [-0.3, -0.25) is 37.3 Å². The Morgan fingerprint density at radius 3 is 0.676 bits per heavy atom. The number of carbonyl (C=O) groups excluding carboxylic acids is 4. The highest BCUT2D eigenvalue weighted by atomic mass is 31.2. The van der Waals surface area contributed by atoms with Gasteiger partial charge >= 0.3 is 39.5 Å². The van der Waals surface area contributed by atoms with Crippen LogP contribution in [0, 0.1) is 11.8 Å². The first-order chi connectivity index (χ1) is 50.9. The lowest BCUT2D eigenvalue weighted by Crippen LogP contribution is -2.30. The molecule has 0 aromatic heterocycles. The van der Waals surface area contributed by atoms with Gasteiger partial charge in [-0.25, -0.2) is 9.13 Å². The van der Waals surface area contributed by atoms with Gasteiger partial charge in [-0.1, -0.05) is 408 Å². The lowest BCUT2D eigenvalue weighted by Gasteiger charge is -2.21. The third-order valence-electron chi connectivity index (χ3n) is 20.9. The molecular formula is C86H168O17P2. The van der Waals surface area contributed by atoms with Gasteiger partial charge < -0.3 is 33.8 Å². The zero-order valence-corrected chi connectivity index (χ0v) is 70.8. The number of carbonyl (C=O) groups is 4. The number of rotatable bonds is 85. The molecule has 0 amide bonds. The molecule has 0 spiro atoms. The van der Waals surface area contributed by atoms with Crippen LogP contribution in [0.25, 0.3) is 0 Å². The average Bonchev–Trinajstić information content (AvgIpc) is 0.908. The van der Waals surface area contributed by atoms with Crippen LogP contribution in [0.4, 0.5) is 0 Å². The van der Waals surface area contributed by atoms with Gasteiger partial charge in [0.25, 0.3) is 0 Å². The van der Waals surface area contributed by atoms with E-state index in [1.165, 1.54) is 270 Å². The number of ether oxygens (including phenoxy) is 4. The molecule has 3 N–H and O–H groups in total. The van der Waals surface area contributed by atoms with E-state index >= 15 is 0 Å². The van der Waals surface area contributed by atoms with Crippen LogP contribution in [0.2, 0.25) is 0 Å². The van der Waals surface area contributed by atoms with Gasteiger partial charge in [0, 0.05) is 25.7 Å². The SMILES string of the molecule is CCCCCCCCCCCCCCCCCCCCCC(=O)O[C@H](COC(=O)CCCCCCCCCCCCCCCCC(C)CC)COP(=O)(O)OC[C@@H](O)COP(=O)(O)OC[C@@H](COC(=O)CCCCCCCCC(C)CC)OC(=O)CCCCCCCCCCCCCCCCCCCC. The van der Waals surface area contributed by atoms with Gasteiger partial charge in [0.05, 0.1) is 26.4 Å². The molecule has 0 aromatic carbocycles. The van der Waals surface area contributed by atoms with Gasteiger partial charge in [-0.05, 0) is 37.5 Å². The number of phosphoric acid groups is 2. The van der Waals surface area contributed by atoms with E-state index in [2.05, 4.69) is 41.5 Å². The van der Waals surface area contributed by atoms with Crippen LogP contribution in [0.1, 0.15) is 459 Å². The molecule has 105 heavy (non-hydrogen) atoms. The lowest BCUT2D eigenvalue weighted by atomic mass is 9.99. The molecule has 0 aromatic rings. The van der Waals surface area contributed by atoms with Crippen molar-refractivity contribution in [2.45, 2.75) is 477 Å². The highest BCUT2D eigenvalue weighted by Gasteiger charge is 2.30. The fourth-order valence-electron chi connectivity index (χ4n) is 13.4. The summed E-state index contributed by atoms with van der Waals surface area (Å²) >= 11 is 0. The highest BCUT2D eigenvalue weighted by molar-refractivity contribution is 7.47. The Balaban J connectivity index is 5.24. The molecule has 0 aliphatic heterocycles. The number of aliphatic hydroxyl groups is 1. The molecule has 7 atom stereocenters. The Labute approximate surface area is 645 Å². The molecular weight excluding hydrogens is 1370 g/mol. The van der Waals surface area contributed by atoms with Crippen molar-refractivity contribution < 1.29 is 80.2 Å². The topological polar surface area (TPSA) is 237 Å². The molecule has 4 unspecified atom stereocenters. The molecule has 624 valence electrons. The Bertz CT molecular complexity index is 2010. The summed E-state index contributed by atoms with van der Waals surface area (Å²) in [4.78, 5) is 73.2. The molecule has 0 rings (SSSR count). The van der Waals surface area contributed by atoms with Crippen LogP contribution in [-0.2, 0) is 65.4 Å². The van der Waals surface area contributed by atoms with Gasteiger partial charge in [0.1, 0.15) is 19.3 Å². The predicted molar refractivity (Wildman–Crippen MR) is 432 cm³/mol. The van der Waals surface area contributed by atoms with Crippen LogP contribution in [0.15, 0.2) is 0 Å². The summed E-state index contributed by atoms with van der Waals surface area (Å²) in [6.07, 6.45) is 69.4. The minimum absolute atomic E-state index is 0.108. The second-order valence-corrected chi connectivity index (χ2v) is 34.3. The van der Waals surface area contributed by atoms with Crippen LogP contribution in [0.3, 0.4) is 0 Å². The molecule has 0 aliphatic carbocycles. The number of esters is 4. The Morgan fingerprint density at radius 1 is 0.267 bits per heavy atom. The van der Waals surface area contributed by atoms with Crippen LogP contribution >= 0.6 is 15.6 Å². The van der Waals surface area contributed by atoms with Crippen LogP contribution < -0.4 is 0 Å². The van der Waals surface area contributed by atoms with Crippen LogP contribution in [0.5, 0.6) is 0 Å². The number of phosphoric ester groups is 2. The summed E-state index contributed by atoms with van der Waals surface area (Å²) < 4.78 is 68.9. The van der Waals surface area contributed by atoms with Gasteiger partial charge in [-0.2, -0.15) is 0 Å². The fourth-order valence-corrected chi connectivity index (χ4v) is 14.9. The summed E-state index contributed by atoms with van der Waals surface area (Å²) in [7, 11) is -9.93. The molecule has 0 saturated heterocycles. The van der Waals surface area contributed by atoms with Gasteiger partial charge in [0.2, 0.25) is 0 Å². The smallest absolute Gasteiger partial charge is 0.462 e. The average molecular weight is 1540 g/mol. The van der Waals surface area contributed by atoms with Crippen LogP contribution in [-0.4, -0.2) is 96.7 Å². The molecule has 0 fully saturated rings. The Morgan fingerprint density at radius 2 is 0.457 bits per heavy atom. The minimum Gasteiger partial charge on any atom is -0.462 e. The zero-order chi connectivity index (χ0) is 77.1. The first-order valence-corrected chi connectivity index (χ1v) is 47.6. The van der Waals surface area contributed by atoms with E-state index in [1.807, 2.05) is 0 Å². The van der Waals surface area contributed by atoms with E-state index in [0.29, 0.717) is 25.7 Å². The normalized spacial score (nSPS) is 14.3. The van der Waals surface area contributed by atoms with Crippen molar-refractivity contribution in [3.05, 3.63) is 0 Å². The third-order valence-corrected chi connectivity index (χ3v) is 22.8. The maximum absolute atomic E-state index is 13.1. The molecule has 0 saturated carbocycles. The molecule has 19 heteroatoms. The molecule has 0 aliphatic rings. The Hall–Kier alpha value is -1.94. The van der Waals surface area contributed by atoms with E-state index in [0.717, 1.165) is 108 Å². The summed E-state index contributed by atoms with van der Waals surface area (Å²) in [6.45, 7) is 9.69. The number of unbranched alkanes of at least 4 members (excludes halogenated alkanes) is 53.